The van der Waals surface area contributed by atoms with Crippen LogP contribution in [0.5, 0.6) is 5.75 Å². The van der Waals surface area contributed by atoms with Gasteiger partial charge in [0.15, 0.2) is 0 Å². The predicted molar refractivity (Wildman–Crippen MR) is 146 cm³/mol. The van der Waals surface area contributed by atoms with E-state index in [9.17, 15) is 4.79 Å². The highest BCUT2D eigenvalue weighted by molar-refractivity contribution is 5.97. The molecule has 0 N–H and O–H groups in total. The van der Waals surface area contributed by atoms with E-state index < -0.39 is 0 Å². The fourth-order valence-electron chi connectivity index (χ4n) is 5.29. The summed E-state index contributed by atoms with van der Waals surface area (Å²) in [7, 11) is 0. The van der Waals surface area contributed by atoms with Crippen LogP contribution in [0.2, 0.25) is 0 Å². The van der Waals surface area contributed by atoms with Gasteiger partial charge in [-0.2, -0.15) is 0 Å². The van der Waals surface area contributed by atoms with Crippen LogP contribution in [0, 0.1) is 0 Å². The molecule has 1 fully saturated rings. The average molecular weight is 482 g/mol. The first-order valence-corrected chi connectivity index (χ1v) is 12.9. The maximum Gasteiger partial charge on any atom is 0.227 e. The van der Waals surface area contributed by atoms with Gasteiger partial charge in [0.1, 0.15) is 18.2 Å². The molecule has 5 heteroatoms. The second-order valence-corrected chi connectivity index (χ2v) is 10.6. The quantitative estimate of drug-likeness (QED) is 0.303. The fourth-order valence-corrected chi connectivity index (χ4v) is 5.29. The van der Waals surface area contributed by atoms with E-state index in [0.717, 1.165) is 34.7 Å². The fraction of sp³-hybridized carbons (Fsp3) is 0.355. The smallest absolute Gasteiger partial charge is 0.227 e. The van der Waals surface area contributed by atoms with Crippen LogP contribution in [0.4, 0.5) is 5.69 Å². The number of nitrogens with zero attached hydrogens (tertiary/aromatic N) is 3. The molecule has 36 heavy (non-hydrogen) atoms. The summed E-state index contributed by atoms with van der Waals surface area (Å²) in [5, 5.41) is 0. The number of imidazole rings is 1. The van der Waals surface area contributed by atoms with E-state index in [1.807, 2.05) is 47.4 Å². The number of fused-ring (bicyclic) bond motifs is 1. The minimum absolute atomic E-state index is 0.00586. The lowest BCUT2D eigenvalue weighted by atomic mass is 9.86. The molecule has 4 aromatic rings. The highest BCUT2D eigenvalue weighted by Crippen LogP contribution is 2.35. The third-order valence-electron chi connectivity index (χ3n) is 7.11. The summed E-state index contributed by atoms with van der Waals surface area (Å²) >= 11 is 0. The Labute approximate surface area is 213 Å². The van der Waals surface area contributed by atoms with Gasteiger partial charge >= 0.3 is 0 Å². The Morgan fingerprint density at radius 1 is 0.972 bits per heavy atom. The van der Waals surface area contributed by atoms with Crippen LogP contribution in [0.3, 0.4) is 0 Å². The molecule has 1 aliphatic heterocycles. The molecular weight excluding hydrogens is 446 g/mol. The maximum absolute atomic E-state index is 13.1. The molecule has 186 valence electrons. The van der Waals surface area contributed by atoms with Crippen molar-refractivity contribution in [3.8, 4) is 5.75 Å². The first kappa shape index (κ1) is 24.1. The summed E-state index contributed by atoms with van der Waals surface area (Å²) in [5.41, 5.74) is 5.48. The average Bonchev–Trinajstić information content (AvgIpc) is 3.44. The molecule has 0 radical (unpaired) electrons. The molecule has 0 bridgehead atoms. The normalized spacial score (nSPS) is 16.2. The van der Waals surface area contributed by atoms with Gasteiger partial charge in [0.05, 0.1) is 17.6 Å². The Kier molecular flexibility index (Phi) is 6.57. The van der Waals surface area contributed by atoms with Crippen molar-refractivity contribution in [3.63, 3.8) is 0 Å². The van der Waals surface area contributed by atoms with E-state index >= 15 is 0 Å². The minimum atomic E-state index is 0.00586. The molecule has 5 nitrogen and oxygen atoms in total. The lowest BCUT2D eigenvalue weighted by molar-refractivity contribution is -0.117. The number of aryl methyl sites for hydroxylation is 1. The lowest BCUT2D eigenvalue weighted by Gasteiger charge is -2.23. The number of hydrogen-bond acceptors (Lipinski definition) is 3. The van der Waals surface area contributed by atoms with Gasteiger partial charge in [-0.1, -0.05) is 76.2 Å². The first-order valence-electron chi connectivity index (χ1n) is 12.9. The molecule has 1 atom stereocenters. The zero-order valence-corrected chi connectivity index (χ0v) is 21.7. The van der Waals surface area contributed by atoms with Gasteiger partial charge in [-0.05, 0) is 47.2 Å². The molecule has 0 spiro atoms. The van der Waals surface area contributed by atoms with E-state index in [1.165, 1.54) is 11.1 Å². The zero-order valence-electron chi connectivity index (χ0n) is 21.7. The Morgan fingerprint density at radius 2 is 1.69 bits per heavy atom. The molecule has 1 aliphatic rings. The van der Waals surface area contributed by atoms with Gasteiger partial charge in [0, 0.05) is 24.6 Å². The van der Waals surface area contributed by atoms with Gasteiger partial charge in [-0.3, -0.25) is 4.79 Å². The Hall–Kier alpha value is -3.60. The van der Waals surface area contributed by atoms with Crippen LogP contribution in [0.25, 0.3) is 11.0 Å². The molecule has 2 heterocycles. The molecule has 5 rings (SSSR count). The molecular formula is C31H35N3O2. The Morgan fingerprint density at radius 3 is 2.50 bits per heavy atom. The number of ether oxygens (including phenoxy) is 1. The molecule has 1 saturated heterocycles. The SMILES string of the molecule is CCc1ccccc1N1CC(c2nc3ccccc3n2CCOc2ccccc2C(C)(C)C)CC1=O. The number of aromatic nitrogens is 2. The highest BCUT2D eigenvalue weighted by Gasteiger charge is 2.35. The van der Waals surface area contributed by atoms with Crippen LogP contribution in [-0.2, 0) is 23.2 Å². The number of para-hydroxylation sites is 4. The van der Waals surface area contributed by atoms with Crippen molar-refractivity contribution in [2.24, 2.45) is 0 Å². The molecule has 1 aromatic heterocycles. The van der Waals surface area contributed by atoms with Crippen LogP contribution >= 0.6 is 0 Å². The van der Waals surface area contributed by atoms with Crippen LogP contribution in [-0.4, -0.2) is 28.6 Å². The summed E-state index contributed by atoms with van der Waals surface area (Å²) in [6.07, 6.45) is 1.37. The van der Waals surface area contributed by atoms with Gasteiger partial charge in [0.25, 0.3) is 0 Å². The first-order chi connectivity index (χ1) is 17.4. The Bertz CT molecular complexity index is 1380. The third kappa shape index (κ3) is 4.62. The van der Waals surface area contributed by atoms with E-state index in [1.54, 1.807) is 0 Å². The molecule has 0 aliphatic carbocycles. The van der Waals surface area contributed by atoms with E-state index in [2.05, 4.69) is 62.6 Å². The zero-order chi connectivity index (χ0) is 25.3. The van der Waals surface area contributed by atoms with E-state index in [4.69, 9.17) is 9.72 Å². The summed E-state index contributed by atoms with van der Waals surface area (Å²) in [6, 6.07) is 24.7. The summed E-state index contributed by atoms with van der Waals surface area (Å²) in [6.45, 7) is 10.6. The molecule has 3 aromatic carbocycles. The van der Waals surface area contributed by atoms with E-state index in [-0.39, 0.29) is 17.2 Å². The number of benzene rings is 3. The number of amides is 1. The van der Waals surface area contributed by atoms with Crippen LogP contribution in [0.15, 0.2) is 72.8 Å². The maximum atomic E-state index is 13.1. The number of anilines is 1. The van der Waals surface area contributed by atoms with Crippen molar-refractivity contribution >= 4 is 22.6 Å². The predicted octanol–water partition coefficient (Wildman–Crippen LogP) is 6.50. The monoisotopic (exact) mass is 481 g/mol. The van der Waals surface area contributed by atoms with Gasteiger partial charge < -0.3 is 14.2 Å². The van der Waals surface area contributed by atoms with Gasteiger partial charge in [-0.15, -0.1) is 0 Å². The molecule has 0 saturated carbocycles. The topological polar surface area (TPSA) is 47.4 Å². The van der Waals surface area contributed by atoms with Crippen molar-refractivity contribution in [1.82, 2.24) is 9.55 Å². The van der Waals surface area contributed by atoms with Crippen molar-refractivity contribution in [1.29, 1.82) is 0 Å². The van der Waals surface area contributed by atoms with Crippen LogP contribution < -0.4 is 9.64 Å². The second-order valence-electron chi connectivity index (χ2n) is 10.6. The van der Waals surface area contributed by atoms with Crippen molar-refractivity contribution in [3.05, 3.63) is 89.7 Å². The van der Waals surface area contributed by atoms with Gasteiger partial charge in [-0.25, -0.2) is 4.98 Å². The van der Waals surface area contributed by atoms with Crippen molar-refractivity contribution in [2.45, 2.75) is 58.4 Å². The standard InChI is InChI=1S/C31H35N3O2/c1-5-22-12-6-9-15-26(22)34-21-23(20-29(34)35)30-32-25-14-8-10-16-27(25)33(30)18-19-36-28-17-11-7-13-24(28)31(2,3)4/h6-17,23H,5,18-21H2,1-4H3. The molecule has 1 unspecified atom stereocenters. The van der Waals surface area contributed by atoms with Crippen molar-refractivity contribution in [2.75, 3.05) is 18.1 Å². The van der Waals surface area contributed by atoms with Gasteiger partial charge in [0.2, 0.25) is 5.91 Å². The Balaban J connectivity index is 1.41. The van der Waals surface area contributed by atoms with Crippen LogP contribution in [0.1, 0.15) is 57.0 Å². The second kappa shape index (κ2) is 9.81. The number of hydrogen-bond donors (Lipinski definition) is 0. The van der Waals surface area contributed by atoms with E-state index in [0.29, 0.717) is 26.1 Å². The highest BCUT2D eigenvalue weighted by atomic mass is 16.5. The molecule has 1 amide bonds. The number of rotatable bonds is 7. The largest absolute Gasteiger partial charge is 0.491 e. The summed E-state index contributed by atoms with van der Waals surface area (Å²) in [4.78, 5) is 20.1. The number of carbonyl (C=O) groups excluding carboxylic acids is 1. The number of carbonyl (C=O) groups is 1. The summed E-state index contributed by atoms with van der Waals surface area (Å²) < 4.78 is 8.57. The van der Waals surface area contributed by atoms with Crippen molar-refractivity contribution < 1.29 is 9.53 Å². The third-order valence-corrected chi connectivity index (χ3v) is 7.11. The summed E-state index contributed by atoms with van der Waals surface area (Å²) in [5.74, 6) is 2.09. The lowest BCUT2D eigenvalue weighted by Crippen LogP contribution is -2.25. The minimum Gasteiger partial charge on any atom is -0.491 e.